The molecule has 12 aliphatic rings. The summed E-state index contributed by atoms with van der Waals surface area (Å²) in [5, 5.41) is 36.6. The standard InChI is InChI=1S/C55H78N2O9/c1-26-45-41(64-54(26)16-15-47(4,5)65-54)24-53(51(45,10)62)32-14-12-30-18-37-39(23-50(30,9)35(32)21-43(53)60)57-36-17-29-11-13-31-33(49(29,8)22-38(36)56-37)20-42(59)52-25-63-55(46(61)28(3)48(6,7)66-55)27(2)44(52)40(58)19-34(31)52/h26-35,40-41,44-46,58,61-62H,11-25H2,1-10H3/t26-,27-,28+,29-,30-,31+,32+,33-,34+,35-,40-,41-,44-,45-,46-,49-,50-,51-,52+,53-,54+,55-/m0/s1. The number of ether oxygens (including phenoxy) is 4. The second kappa shape index (κ2) is 13.2. The smallest absolute Gasteiger partial charge is 0.198 e. The maximum absolute atomic E-state index is 15.1. The highest BCUT2D eigenvalue weighted by atomic mass is 16.7. The van der Waals surface area contributed by atoms with Crippen LogP contribution in [0.1, 0.15) is 156 Å². The van der Waals surface area contributed by atoms with Gasteiger partial charge in [-0.25, -0.2) is 0 Å². The van der Waals surface area contributed by atoms with Crippen LogP contribution in [0.2, 0.25) is 0 Å². The topological polar surface area (TPSA) is 158 Å². The van der Waals surface area contributed by atoms with E-state index in [9.17, 15) is 20.1 Å². The molecule has 13 rings (SSSR count). The van der Waals surface area contributed by atoms with Gasteiger partial charge in [0.25, 0.3) is 0 Å². The van der Waals surface area contributed by atoms with Crippen molar-refractivity contribution in [1.29, 1.82) is 0 Å². The van der Waals surface area contributed by atoms with Gasteiger partial charge in [-0.05, 0) is 158 Å². The van der Waals surface area contributed by atoms with Crippen molar-refractivity contribution < 1.29 is 43.9 Å². The zero-order valence-corrected chi connectivity index (χ0v) is 41.5. The van der Waals surface area contributed by atoms with E-state index in [1.54, 1.807) is 0 Å². The number of carbonyl (C=O) groups is 2. The monoisotopic (exact) mass is 911 g/mol. The van der Waals surface area contributed by atoms with Crippen LogP contribution in [0.5, 0.6) is 0 Å². The lowest BCUT2D eigenvalue weighted by molar-refractivity contribution is -0.346. The molecule has 0 amide bonds. The fourth-order valence-corrected chi connectivity index (χ4v) is 20.7. The van der Waals surface area contributed by atoms with Gasteiger partial charge in [0, 0.05) is 48.9 Å². The molecule has 1 aromatic rings. The SMILES string of the molecule is C[C@@H]1[C@H](O)[C@@]2(OC[C@]34C(=O)C[C@H]5[C@@H](CC[C@H]6Cc7nc8c(nc7C[C@@]65C)C[C@@H]5CC[C@@H]6[C@H](CC(=O)[C@]67C[C@@H]6O[C@@]9(CCC(C)(C)O9)[C@@H](C)[C@@H]6[C@]7(C)O)[C@@]5(C)C8)[C@H]3C[C@H](O)[C@@H]4[C@@H]2C)OC1(C)C. The maximum Gasteiger partial charge on any atom is 0.198 e. The number of carbonyl (C=O) groups excluding carboxylic acids is 2. The predicted octanol–water partition coefficient (Wildman–Crippen LogP) is 7.15. The van der Waals surface area contributed by atoms with Gasteiger partial charge in [0.2, 0.25) is 0 Å². The summed E-state index contributed by atoms with van der Waals surface area (Å²) in [6.07, 6.45) is 9.70. The van der Waals surface area contributed by atoms with E-state index in [0.717, 1.165) is 87.0 Å². The Bertz CT molecular complexity index is 2310. The molecule has 22 atom stereocenters. The van der Waals surface area contributed by atoms with Crippen molar-refractivity contribution in [1.82, 2.24) is 9.97 Å². The lowest BCUT2D eigenvalue weighted by Gasteiger charge is -2.62. The molecule has 1 aromatic heterocycles. The number of aliphatic hydroxyl groups is 3. The number of fused-ring (bicyclic) bond motifs is 11. The van der Waals surface area contributed by atoms with Crippen molar-refractivity contribution in [3.8, 4) is 0 Å². The Balaban J connectivity index is 0.759. The minimum atomic E-state index is -1.23. The number of ketones is 2. The number of aliphatic hydroxyl groups excluding tert-OH is 2. The van der Waals surface area contributed by atoms with Gasteiger partial charge in [0.05, 0.1) is 69.2 Å². The number of aromatic nitrogens is 2. The van der Waals surface area contributed by atoms with E-state index in [4.69, 9.17) is 28.9 Å². The van der Waals surface area contributed by atoms with E-state index >= 15 is 4.79 Å². The van der Waals surface area contributed by atoms with Crippen LogP contribution in [0, 0.1) is 92.7 Å². The molecule has 362 valence electrons. The van der Waals surface area contributed by atoms with E-state index < -0.39 is 45.8 Å². The molecule has 66 heavy (non-hydrogen) atoms. The molecule has 4 saturated heterocycles. The third-order valence-electron chi connectivity index (χ3n) is 24.3. The average molecular weight is 911 g/mol. The van der Waals surface area contributed by atoms with Gasteiger partial charge in [0.15, 0.2) is 11.6 Å². The minimum Gasteiger partial charge on any atom is -0.393 e. The van der Waals surface area contributed by atoms with Gasteiger partial charge >= 0.3 is 0 Å². The first-order valence-corrected chi connectivity index (χ1v) is 26.6. The quantitative estimate of drug-likeness (QED) is 0.243. The highest BCUT2D eigenvalue weighted by molar-refractivity contribution is 5.90. The summed E-state index contributed by atoms with van der Waals surface area (Å²) in [7, 11) is 0. The van der Waals surface area contributed by atoms with Crippen LogP contribution in [-0.2, 0) is 54.2 Å². The fourth-order valence-electron chi connectivity index (χ4n) is 20.7. The molecule has 0 aromatic carbocycles. The first-order chi connectivity index (χ1) is 30.9. The van der Waals surface area contributed by atoms with Gasteiger partial charge in [-0.1, -0.05) is 34.6 Å². The molecule has 6 saturated carbocycles. The highest BCUT2D eigenvalue weighted by Gasteiger charge is 2.79. The van der Waals surface area contributed by atoms with Crippen LogP contribution in [0.15, 0.2) is 0 Å². The second-order valence-electron chi connectivity index (χ2n) is 27.3. The third-order valence-corrected chi connectivity index (χ3v) is 24.3. The molecular weight excluding hydrogens is 833 g/mol. The van der Waals surface area contributed by atoms with Crippen LogP contribution >= 0.6 is 0 Å². The van der Waals surface area contributed by atoms with Crippen LogP contribution < -0.4 is 0 Å². The molecule has 0 unspecified atom stereocenters. The molecule has 3 N–H and O–H groups in total. The first-order valence-electron chi connectivity index (χ1n) is 26.6. The van der Waals surface area contributed by atoms with Gasteiger partial charge < -0.3 is 34.3 Å². The molecule has 8 aliphatic carbocycles. The highest BCUT2D eigenvalue weighted by Crippen LogP contribution is 2.74. The number of Topliss-reactive ketones (excluding diaryl/α,β-unsaturated/α-hetero) is 2. The van der Waals surface area contributed by atoms with Crippen LogP contribution in [0.4, 0.5) is 0 Å². The summed E-state index contributed by atoms with van der Waals surface area (Å²) in [5.74, 6) is -0.767. The molecule has 0 radical (unpaired) electrons. The Morgan fingerprint density at radius 2 is 1.29 bits per heavy atom. The van der Waals surface area contributed by atoms with Crippen LogP contribution in [-0.4, -0.2) is 90.2 Å². The molecule has 5 heterocycles. The molecule has 11 nitrogen and oxygen atoms in total. The Morgan fingerprint density at radius 3 is 1.89 bits per heavy atom. The number of hydrogen-bond donors (Lipinski definition) is 3. The minimum absolute atomic E-state index is 0.00137. The lowest BCUT2D eigenvalue weighted by atomic mass is 9.43. The average Bonchev–Trinajstić information content (AvgIpc) is 4.00. The summed E-state index contributed by atoms with van der Waals surface area (Å²) >= 11 is 0. The lowest BCUT2D eigenvalue weighted by Crippen LogP contribution is -2.67. The molecule has 0 bridgehead atoms. The maximum atomic E-state index is 15.1. The number of hydrogen-bond acceptors (Lipinski definition) is 11. The zero-order valence-electron chi connectivity index (χ0n) is 41.5. The molecule has 4 aliphatic heterocycles. The first kappa shape index (κ1) is 44.1. The Kier molecular flexibility index (Phi) is 8.79. The van der Waals surface area contributed by atoms with Crippen molar-refractivity contribution in [2.45, 2.75) is 206 Å². The van der Waals surface area contributed by atoms with Crippen LogP contribution in [0.3, 0.4) is 0 Å². The fraction of sp³-hybridized carbons (Fsp3) is 0.891. The van der Waals surface area contributed by atoms with Crippen LogP contribution in [0.25, 0.3) is 0 Å². The van der Waals surface area contributed by atoms with Crippen molar-refractivity contribution in [2.75, 3.05) is 6.61 Å². The second-order valence-corrected chi connectivity index (χ2v) is 27.3. The van der Waals surface area contributed by atoms with Gasteiger partial charge in [0.1, 0.15) is 17.7 Å². The molecule has 10 fully saturated rings. The number of rotatable bonds is 0. The van der Waals surface area contributed by atoms with Crippen molar-refractivity contribution >= 4 is 11.6 Å². The largest absolute Gasteiger partial charge is 0.393 e. The van der Waals surface area contributed by atoms with Crippen molar-refractivity contribution in [2.24, 2.45) is 92.7 Å². The summed E-state index contributed by atoms with van der Waals surface area (Å²) in [5.41, 5.74) is 0.689. The van der Waals surface area contributed by atoms with E-state index in [2.05, 4.69) is 34.6 Å². The zero-order chi connectivity index (χ0) is 46.5. The van der Waals surface area contributed by atoms with E-state index in [1.165, 1.54) is 0 Å². The third kappa shape index (κ3) is 5.02. The summed E-state index contributed by atoms with van der Waals surface area (Å²) < 4.78 is 26.9. The van der Waals surface area contributed by atoms with Gasteiger partial charge in [-0.2, -0.15) is 0 Å². The number of nitrogens with zero attached hydrogens (tertiary/aromatic N) is 2. The summed E-state index contributed by atoms with van der Waals surface area (Å²) in [6.45, 7) is 21.6. The van der Waals surface area contributed by atoms with Gasteiger partial charge in [-0.3, -0.25) is 19.6 Å². The van der Waals surface area contributed by atoms with E-state index in [0.29, 0.717) is 43.4 Å². The van der Waals surface area contributed by atoms with E-state index in [-0.39, 0.29) is 94.0 Å². The van der Waals surface area contributed by atoms with E-state index in [1.807, 2.05) is 34.6 Å². The van der Waals surface area contributed by atoms with Crippen molar-refractivity contribution in [3.05, 3.63) is 22.8 Å². The van der Waals surface area contributed by atoms with Crippen molar-refractivity contribution in [3.63, 3.8) is 0 Å². The molecule has 4 spiro atoms. The summed E-state index contributed by atoms with van der Waals surface area (Å²) in [4.78, 5) is 41.0. The molecular formula is C55H78N2O9. The Morgan fingerprint density at radius 1 is 0.652 bits per heavy atom. The van der Waals surface area contributed by atoms with Gasteiger partial charge in [-0.15, -0.1) is 0 Å². The normalized spacial score (nSPS) is 57.8. The summed E-state index contributed by atoms with van der Waals surface area (Å²) in [6, 6.07) is 0. The Hall–Kier alpha value is -1.86. The molecule has 11 heteroatoms. The predicted molar refractivity (Wildman–Crippen MR) is 242 cm³/mol. The Labute approximate surface area is 392 Å².